The van der Waals surface area contributed by atoms with Crippen molar-refractivity contribution in [3.05, 3.63) is 74.8 Å². The summed E-state index contributed by atoms with van der Waals surface area (Å²) in [6.07, 6.45) is 0. The average molecular weight is 339 g/mol. The van der Waals surface area contributed by atoms with Crippen LogP contribution in [0.15, 0.2) is 58.1 Å². The lowest BCUT2D eigenvalue weighted by atomic mass is 10.2. The van der Waals surface area contributed by atoms with Crippen molar-refractivity contribution in [3.8, 4) is 0 Å². The Morgan fingerprint density at radius 1 is 1.12 bits per heavy atom. The van der Waals surface area contributed by atoms with Crippen LogP contribution < -0.4 is 16.4 Å². The Morgan fingerprint density at radius 2 is 1.88 bits per heavy atom. The van der Waals surface area contributed by atoms with Gasteiger partial charge in [-0.2, -0.15) is 0 Å². The van der Waals surface area contributed by atoms with Crippen LogP contribution in [0.2, 0.25) is 0 Å². The van der Waals surface area contributed by atoms with Crippen molar-refractivity contribution in [1.82, 2.24) is 9.78 Å². The van der Waals surface area contributed by atoms with Crippen LogP contribution in [0.4, 0.5) is 5.69 Å². The van der Waals surface area contributed by atoms with E-state index in [4.69, 9.17) is 4.74 Å². The first-order chi connectivity index (χ1) is 12.1. The van der Waals surface area contributed by atoms with Crippen molar-refractivity contribution in [3.63, 3.8) is 0 Å². The first-order valence-corrected chi connectivity index (χ1v) is 7.68. The summed E-state index contributed by atoms with van der Waals surface area (Å²) < 4.78 is 6.07. The third-order valence-corrected chi connectivity index (χ3v) is 3.71. The Kier molecular flexibility index (Phi) is 4.76. The van der Waals surface area contributed by atoms with E-state index in [9.17, 15) is 14.4 Å². The van der Waals surface area contributed by atoms with Crippen molar-refractivity contribution in [2.75, 3.05) is 12.4 Å². The first-order valence-electron chi connectivity index (χ1n) is 7.68. The Hall–Kier alpha value is -3.19. The molecule has 0 saturated heterocycles. The maximum atomic E-state index is 12.4. The molecule has 1 amide bonds. The number of anilines is 1. The van der Waals surface area contributed by atoms with Crippen LogP contribution in [0.25, 0.3) is 10.8 Å². The number of ether oxygens (including phenoxy) is 1. The van der Waals surface area contributed by atoms with Crippen molar-refractivity contribution < 1.29 is 9.53 Å². The third kappa shape index (κ3) is 3.67. The highest BCUT2D eigenvalue weighted by molar-refractivity contribution is 5.90. The molecule has 0 unspecified atom stereocenters. The number of nitrogens with one attached hydrogen (secondary N) is 2. The summed E-state index contributed by atoms with van der Waals surface area (Å²) in [6.45, 7) is 0.147. The third-order valence-electron chi connectivity index (χ3n) is 3.71. The summed E-state index contributed by atoms with van der Waals surface area (Å²) in [7, 11) is 1.59. The van der Waals surface area contributed by atoms with E-state index in [1.165, 1.54) is 0 Å². The van der Waals surface area contributed by atoms with Crippen LogP contribution in [0.5, 0.6) is 0 Å². The van der Waals surface area contributed by atoms with Crippen molar-refractivity contribution in [2.45, 2.75) is 13.2 Å². The number of amides is 1. The van der Waals surface area contributed by atoms with E-state index < -0.39 is 17.0 Å². The molecule has 128 valence electrons. The second-order valence-corrected chi connectivity index (χ2v) is 5.56. The summed E-state index contributed by atoms with van der Waals surface area (Å²) in [5.41, 5.74) is 0.677. The van der Waals surface area contributed by atoms with Crippen LogP contribution in [0.3, 0.4) is 0 Å². The van der Waals surface area contributed by atoms with Crippen LogP contribution in [0.1, 0.15) is 5.56 Å². The van der Waals surface area contributed by atoms with E-state index in [2.05, 4.69) is 10.4 Å². The summed E-state index contributed by atoms with van der Waals surface area (Å²) in [6, 6.07) is 13.7. The first kappa shape index (κ1) is 16.7. The maximum absolute atomic E-state index is 12.4. The Morgan fingerprint density at radius 3 is 2.64 bits per heavy atom. The highest BCUT2D eigenvalue weighted by atomic mass is 16.5. The number of rotatable bonds is 5. The van der Waals surface area contributed by atoms with E-state index >= 15 is 0 Å². The molecule has 7 nitrogen and oxygen atoms in total. The summed E-state index contributed by atoms with van der Waals surface area (Å²) in [5, 5.41) is 5.72. The zero-order chi connectivity index (χ0) is 17.8. The quantitative estimate of drug-likeness (QED) is 0.736. The van der Waals surface area contributed by atoms with Gasteiger partial charge in [-0.1, -0.05) is 24.3 Å². The van der Waals surface area contributed by atoms with E-state index in [0.29, 0.717) is 17.7 Å². The number of nitrogens with zero attached hydrogens (tertiary/aromatic N) is 1. The summed E-state index contributed by atoms with van der Waals surface area (Å²) >= 11 is 0. The normalized spacial score (nSPS) is 10.8. The zero-order valence-electron chi connectivity index (χ0n) is 13.6. The summed E-state index contributed by atoms with van der Waals surface area (Å²) in [4.78, 5) is 36.7. The fourth-order valence-corrected chi connectivity index (χ4v) is 2.61. The molecule has 0 atom stereocenters. The zero-order valence-corrected chi connectivity index (χ0v) is 13.6. The molecule has 1 heterocycles. The lowest BCUT2D eigenvalue weighted by Gasteiger charge is -2.09. The molecular weight excluding hydrogens is 322 g/mol. The number of methoxy groups -OCH3 is 1. The summed E-state index contributed by atoms with van der Waals surface area (Å²) in [5.74, 6) is -0.414. The monoisotopic (exact) mass is 339 g/mol. The van der Waals surface area contributed by atoms with Gasteiger partial charge in [-0.05, 0) is 29.8 Å². The number of hydrogen-bond acceptors (Lipinski definition) is 4. The molecule has 0 fully saturated rings. The fourth-order valence-electron chi connectivity index (χ4n) is 2.61. The lowest BCUT2D eigenvalue weighted by Crippen LogP contribution is -2.34. The molecule has 0 bridgehead atoms. The largest absolute Gasteiger partial charge is 0.380 e. The Bertz CT molecular complexity index is 1040. The van der Waals surface area contributed by atoms with Gasteiger partial charge in [0.25, 0.3) is 11.1 Å². The number of carbonyl (C=O) groups is 1. The van der Waals surface area contributed by atoms with E-state index in [-0.39, 0.29) is 11.9 Å². The highest BCUT2D eigenvalue weighted by Crippen LogP contribution is 2.11. The number of aromatic amines is 1. The fraction of sp³-hybridized carbons (Fsp3) is 0.167. The minimum absolute atomic E-state index is 0.279. The molecule has 0 aliphatic carbocycles. The average Bonchev–Trinajstić information content (AvgIpc) is 2.60. The predicted octanol–water partition coefficient (Wildman–Crippen LogP) is 1.47. The van der Waals surface area contributed by atoms with Crippen molar-refractivity contribution in [2.24, 2.45) is 0 Å². The van der Waals surface area contributed by atoms with Crippen molar-refractivity contribution in [1.29, 1.82) is 0 Å². The number of hydrogen-bond donors (Lipinski definition) is 2. The van der Waals surface area contributed by atoms with Crippen LogP contribution in [-0.4, -0.2) is 22.8 Å². The smallest absolute Gasteiger partial charge is 0.273 e. The van der Waals surface area contributed by atoms with Gasteiger partial charge in [0.15, 0.2) is 0 Å². The molecule has 2 aromatic carbocycles. The van der Waals surface area contributed by atoms with Gasteiger partial charge in [0.05, 0.1) is 17.4 Å². The molecule has 7 heteroatoms. The number of carbonyl (C=O) groups excluding carboxylic acids is 1. The van der Waals surface area contributed by atoms with Gasteiger partial charge in [-0.3, -0.25) is 19.5 Å². The van der Waals surface area contributed by atoms with Gasteiger partial charge in [-0.15, -0.1) is 0 Å². The molecule has 3 rings (SSSR count). The second kappa shape index (κ2) is 7.14. The van der Waals surface area contributed by atoms with Crippen molar-refractivity contribution >= 4 is 22.4 Å². The van der Waals surface area contributed by atoms with Gasteiger partial charge in [0.2, 0.25) is 5.91 Å². The molecule has 1 aromatic heterocycles. The van der Waals surface area contributed by atoms with Gasteiger partial charge in [0.1, 0.15) is 6.54 Å². The molecule has 0 aliphatic rings. The molecule has 0 spiro atoms. The Labute approximate surface area is 142 Å². The minimum Gasteiger partial charge on any atom is -0.380 e. The predicted molar refractivity (Wildman–Crippen MR) is 94.6 cm³/mol. The number of benzene rings is 2. The molecule has 0 radical (unpaired) electrons. The SMILES string of the molecule is COCc1cccc(NC(=O)Cn2[nH]c(=O)c3ccccc3c2=O)c1. The van der Waals surface area contributed by atoms with E-state index in [1.54, 1.807) is 49.6 Å². The van der Waals surface area contributed by atoms with Crippen LogP contribution in [0, 0.1) is 0 Å². The van der Waals surface area contributed by atoms with E-state index in [1.807, 2.05) is 6.07 Å². The molecule has 25 heavy (non-hydrogen) atoms. The number of aromatic nitrogens is 2. The van der Waals surface area contributed by atoms with E-state index in [0.717, 1.165) is 10.2 Å². The Balaban J connectivity index is 1.83. The molecule has 2 N–H and O–H groups in total. The van der Waals surface area contributed by atoms with Gasteiger partial charge in [-0.25, -0.2) is 4.68 Å². The van der Waals surface area contributed by atoms with Gasteiger partial charge >= 0.3 is 0 Å². The second-order valence-electron chi connectivity index (χ2n) is 5.56. The van der Waals surface area contributed by atoms with Crippen LogP contribution in [-0.2, 0) is 22.7 Å². The standard InChI is InChI=1S/C18H17N3O4/c1-25-11-12-5-4-6-13(9-12)19-16(22)10-21-18(24)15-8-3-2-7-14(15)17(23)20-21/h2-9H,10-11H2,1H3,(H,19,22)(H,20,23). The number of fused-ring (bicyclic) bond motifs is 1. The molecule has 0 saturated carbocycles. The molecule has 0 aliphatic heterocycles. The van der Waals surface area contributed by atoms with Gasteiger partial charge < -0.3 is 10.1 Å². The minimum atomic E-state index is -0.418. The number of H-pyrrole nitrogens is 1. The lowest BCUT2D eigenvalue weighted by molar-refractivity contribution is -0.117. The topological polar surface area (TPSA) is 93.2 Å². The van der Waals surface area contributed by atoms with Gasteiger partial charge in [0, 0.05) is 12.8 Å². The van der Waals surface area contributed by atoms with Crippen LogP contribution >= 0.6 is 0 Å². The maximum Gasteiger partial charge on any atom is 0.273 e. The highest BCUT2D eigenvalue weighted by Gasteiger charge is 2.10. The molecular formula is C18H17N3O4. The molecule has 3 aromatic rings.